The number of rotatable bonds is 10. The molecule has 0 saturated carbocycles. The smallest absolute Gasteiger partial charge is 0.303 e. The summed E-state index contributed by atoms with van der Waals surface area (Å²) in [6.45, 7) is 1.86. The molecule has 1 heterocycles. The summed E-state index contributed by atoms with van der Waals surface area (Å²) in [7, 11) is 0. The number of carboxylic acids is 1. The minimum absolute atomic E-state index is 0.115. The lowest BCUT2D eigenvalue weighted by molar-refractivity contribution is -0.136. The molecule has 2 N–H and O–H groups in total. The quantitative estimate of drug-likeness (QED) is 0.289. The van der Waals surface area contributed by atoms with Gasteiger partial charge in [0.15, 0.2) is 5.76 Å². The first-order chi connectivity index (χ1) is 16.5. The maximum atomic E-state index is 10.9. The Hall–Kier alpha value is -3.70. The van der Waals surface area contributed by atoms with E-state index in [1.807, 2.05) is 73.7 Å². The predicted octanol–water partition coefficient (Wildman–Crippen LogP) is 6.39. The summed E-state index contributed by atoms with van der Waals surface area (Å²) in [5.74, 6) is -0.193. The number of aromatic nitrogens is 1. The molecule has 1 unspecified atom stereocenters. The Kier molecular flexibility index (Phi) is 7.55. The molecule has 1 atom stereocenters. The fourth-order valence-electron chi connectivity index (χ4n) is 4.24. The Balaban J connectivity index is 1.47. The molecule has 0 aliphatic heterocycles. The van der Waals surface area contributed by atoms with E-state index in [2.05, 4.69) is 17.3 Å². The number of aryl methyl sites for hydroxylation is 3. The lowest BCUT2D eigenvalue weighted by Crippen LogP contribution is -2.01. The summed E-state index contributed by atoms with van der Waals surface area (Å²) in [6.07, 6.45) is 2.39. The second kappa shape index (κ2) is 10.9. The van der Waals surface area contributed by atoms with Crippen molar-refractivity contribution in [1.29, 1.82) is 0 Å². The van der Waals surface area contributed by atoms with E-state index in [0.29, 0.717) is 24.3 Å². The highest BCUT2D eigenvalue weighted by Gasteiger charge is 2.22. The van der Waals surface area contributed by atoms with Crippen LogP contribution in [0.3, 0.4) is 0 Å². The van der Waals surface area contributed by atoms with Crippen LogP contribution in [-0.4, -0.2) is 21.3 Å². The average molecular weight is 456 g/mol. The topological polar surface area (TPSA) is 83.6 Å². The van der Waals surface area contributed by atoms with Crippen LogP contribution in [0, 0.1) is 6.92 Å². The number of nitrogens with zero attached hydrogens (tertiary/aromatic N) is 1. The largest absolute Gasteiger partial charge is 0.481 e. The Morgan fingerprint density at radius 3 is 2.32 bits per heavy atom. The zero-order valence-corrected chi connectivity index (χ0v) is 19.3. The molecule has 0 aliphatic rings. The minimum Gasteiger partial charge on any atom is -0.481 e. The maximum absolute atomic E-state index is 10.9. The van der Waals surface area contributed by atoms with Gasteiger partial charge in [0.05, 0.1) is 17.4 Å². The molecule has 0 amide bonds. The van der Waals surface area contributed by atoms with Crippen molar-refractivity contribution in [1.82, 2.24) is 5.16 Å². The van der Waals surface area contributed by atoms with Crippen LogP contribution in [-0.2, 0) is 17.6 Å². The number of benzene rings is 3. The normalized spacial score (nSPS) is 11.9. The van der Waals surface area contributed by atoms with Crippen molar-refractivity contribution >= 4 is 5.97 Å². The van der Waals surface area contributed by atoms with Crippen LogP contribution in [0.5, 0.6) is 0 Å². The van der Waals surface area contributed by atoms with E-state index in [1.165, 1.54) is 5.56 Å². The highest BCUT2D eigenvalue weighted by molar-refractivity contribution is 5.71. The fourth-order valence-corrected chi connectivity index (χ4v) is 4.24. The third-order valence-electron chi connectivity index (χ3n) is 6.06. The van der Waals surface area contributed by atoms with Crippen molar-refractivity contribution in [3.63, 3.8) is 0 Å². The molecule has 0 bridgehead atoms. The molecule has 174 valence electrons. The highest BCUT2D eigenvalue weighted by atomic mass is 16.5. The number of hydrogen-bond acceptors (Lipinski definition) is 4. The van der Waals surface area contributed by atoms with Crippen molar-refractivity contribution in [3.8, 4) is 22.5 Å². The van der Waals surface area contributed by atoms with Crippen LogP contribution in [0.2, 0.25) is 0 Å². The van der Waals surface area contributed by atoms with Gasteiger partial charge in [0.1, 0.15) is 0 Å². The van der Waals surface area contributed by atoms with E-state index in [-0.39, 0.29) is 6.42 Å². The third-order valence-corrected chi connectivity index (χ3v) is 6.06. The lowest BCUT2D eigenvalue weighted by Gasteiger charge is -2.12. The van der Waals surface area contributed by atoms with Crippen molar-refractivity contribution in [3.05, 3.63) is 101 Å². The molecular formula is C29H29NO4. The molecule has 5 heteroatoms. The first-order valence-electron chi connectivity index (χ1n) is 11.6. The third kappa shape index (κ3) is 5.80. The van der Waals surface area contributed by atoms with Crippen molar-refractivity contribution in [2.24, 2.45) is 0 Å². The Bertz CT molecular complexity index is 1230. The van der Waals surface area contributed by atoms with Gasteiger partial charge in [-0.2, -0.15) is 0 Å². The Morgan fingerprint density at radius 2 is 1.59 bits per heavy atom. The van der Waals surface area contributed by atoms with E-state index in [1.54, 1.807) is 0 Å². The fraction of sp³-hybridized carbons (Fsp3) is 0.241. The van der Waals surface area contributed by atoms with E-state index < -0.39 is 12.1 Å². The van der Waals surface area contributed by atoms with Gasteiger partial charge < -0.3 is 14.7 Å². The van der Waals surface area contributed by atoms with Crippen molar-refractivity contribution < 1.29 is 19.5 Å². The number of carboxylic acid groups (broad SMARTS) is 1. The molecule has 0 aliphatic carbocycles. The molecule has 0 radical (unpaired) electrons. The Labute approximate surface area is 199 Å². The van der Waals surface area contributed by atoms with Crippen molar-refractivity contribution in [2.45, 2.75) is 45.1 Å². The summed E-state index contributed by atoms with van der Waals surface area (Å²) >= 11 is 0. The van der Waals surface area contributed by atoms with Crippen LogP contribution in [0.25, 0.3) is 22.5 Å². The summed E-state index contributed by atoms with van der Waals surface area (Å²) in [4.78, 5) is 10.9. The van der Waals surface area contributed by atoms with Gasteiger partial charge in [0, 0.05) is 12.0 Å². The molecule has 0 spiro atoms. The van der Waals surface area contributed by atoms with Crippen LogP contribution in [0.4, 0.5) is 0 Å². The summed E-state index contributed by atoms with van der Waals surface area (Å²) in [5, 5.41) is 24.0. The second-order valence-corrected chi connectivity index (χ2v) is 8.58. The highest BCUT2D eigenvalue weighted by Crippen LogP contribution is 2.34. The van der Waals surface area contributed by atoms with Crippen LogP contribution in [0.15, 0.2) is 83.4 Å². The molecule has 0 saturated heterocycles. The van der Waals surface area contributed by atoms with Gasteiger partial charge in [0.25, 0.3) is 0 Å². The summed E-state index contributed by atoms with van der Waals surface area (Å²) in [5.41, 5.74) is 6.64. The summed E-state index contributed by atoms with van der Waals surface area (Å²) in [6, 6.07) is 26.2. The van der Waals surface area contributed by atoms with Crippen LogP contribution >= 0.6 is 0 Å². The minimum atomic E-state index is -0.796. The first-order valence-corrected chi connectivity index (χ1v) is 11.6. The SMILES string of the molecule is Cc1noc(-c2ccc(-c3cccc(CCC(=O)O)c3)cc2)c1C(O)CCCc1ccccc1. The molecule has 34 heavy (non-hydrogen) atoms. The zero-order valence-electron chi connectivity index (χ0n) is 19.3. The van der Waals surface area contributed by atoms with Gasteiger partial charge in [-0.3, -0.25) is 4.79 Å². The number of aliphatic hydroxyl groups excluding tert-OH is 1. The van der Waals surface area contributed by atoms with Gasteiger partial charge in [-0.15, -0.1) is 0 Å². The monoisotopic (exact) mass is 455 g/mol. The van der Waals surface area contributed by atoms with Gasteiger partial charge in [-0.1, -0.05) is 84.0 Å². The predicted molar refractivity (Wildman–Crippen MR) is 132 cm³/mol. The standard InChI is InChI=1S/C29H29NO4/c1-20-28(26(31)12-6-9-21-7-3-2-4-8-21)29(34-30-20)24-16-14-23(15-17-24)25-11-5-10-22(19-25)13-18-27(32)33/h2-5,7-8,10-11,14-17,19,26,31H,6,9,12-13,18H2,1H3,(H,32,33). The molecule has 4 aromatic rings. The molecule has 3 aromatic carbocycles. The van der Waals surface area contributed by atoms with Gasteiger partial charge >= 0.3 is 5.97 Å². The van der Waals surface area contributed by atoms with Gasteiger partial charge in [-0.05, 0) is 54.9 Å². The number of carbonyl (C=O) groups is 1. The second-order valence-electron chi connectivity index (χ2n) is 8.58. The zero-order chi connectivity index (χ0) is 23.9. The van der Waals surface area contributed by atoms with E-state index in [9.17, 15) is 9.90 Å². The van der Waals surface area contributed by atoms with Crippen LogP contribution < -0.4 is 0 Å². The van der Waals surface area contributed by atoms with Gasteiger partial charge in [0.2, 0.25) is 0 Å². The number of aliphatic carboxylic acids is 1. The maximum Gasteiger partial charge on any atom is 0.303 e. The Morgan fingerprint density at radius 1 is 0.882 bits per heavy atom. The molecular weight excluding hydrogens is 426 g/mol. The van der Waals surface area contributed by atoms with E-state index in [4.69, 9.17) is 9.63 Å². The van der Waals surface area contributed by atoms with E-state index >= 15 is 0 Å². The van der Waals surface area contributed by atoms with Crippen molar-refractivity contribution in [2.75, 3.05) is 0 Å². The average Bonchev–Trinajstić information content (AvgIpc) is 3.25. The van der Waals surface area contributed by atoms with Gasteiger partial charge in [-0.25, -0.2) is 0 Å². The molecule has 0 fully saturated rings. The van der Waals surface area contributed by atoms with E-state index in [0.717, 1.165) is 40.7 Å². The molecule has 4 rings (SSSR count). The molecule has 5 nitrogen and oxygen atoms in total. The first kappa shape index (κ1) is 23.5. The number of aliphatic hydroxyl groups is 1. The molecule has 1 aromatic heterocycles. The lowest BCUT2D eigenvalue weighted by atomic mass is 9.96. The number of hydrogen-bond donors (Lipinski definition) is 2. The van der Waals surface area contributed by atoms with Crippen LogP contribution in [0.1, 0.15) is 47.8 Å². The summed E-state index contributed by atoms with van der Waals surface area (Å²) < 4.78 is 5.62.